The van der Waals surface area contributed by atoms with Gasteiger partial charge in [0.15, 0.2) is 0 Å². The van der Waals surface area contributed by atoms with E-state index >= 15 is 0 Å². The first kappa shape index (κ1) is 15.9. The fourth-order valence-corrected chi connectivity index (χ4v) is 1.60. The van der Waals surface area contributed by atoms with Crippen molar-refractivity contribution in [3.05, 3.63) is 0 Å². The van der Waals surface area contributed by atoms with E-state index in [0.717, 1.165) is 13.0 Å². The molecule has 0 aromatic heterocycles. The van der Waals surface area contributed by atoms with E-state index < -0.39 is 0 Å². The summed E-state index contributed by atoms with van der Waals surface area (Å²) in [5, 5.41) is 0. The molecule has 0 aliphatic heterocycles. The molecule has 0 saturated heterocycles. The summed E-state index contributed by atoms with van der Waals surface area (Å²) in [5.41, 5.74) is -0.00628. The molecule has 0 fully saturated rings. The van der Waals surface area contributed by atoms with E-state index in [0.29, 0.717) is 6.10 Å². The molecule has 0 unspecified atom stereocenters. The van der Waals surface area contributed by atoms with Gasteiger partial charge in [-0.2, -0.15) is 0 Å². The topological polar surface area (TPSA) is 18.5 Å². The van der Waals surface area contributed by atoms with Crippen molar-refractivity contribution in [1.29, 1.82) is 0 Å². The van der Waals surface area contributed by atoms with Crippen molar-refractivity contribution in [3.8, 4) is 0 Å². The summed E-state index contributed by atoms with van der Waals surface area (Å²) in [6.45, 7) is 18.0. The maximum Gasteiger partial charge on any atom is 0.0681 e. The van der Waals surface area contributed by atoms with Crippen LogP contribution in [0.3, 0.4) is 0 Å². The van der Waals surface area contributed by atoms with Crippen molar-refractivity contribution >= 4 is 0 Å². The molecule has 0 spiro atoms. The Hall–Kier alpha value is -0.0800. The van der Waals surface area contributed by atoms with Gasteiger partial charge in [-0.1, -0.05) is 13.8 Å². The quantitative estimate of drug-likeness (QED) is 0.657. The Balaban J connectivity index is 4.28. The van der Waals surface area contributed by atoms with Crippen molar-refractivity contribution in [2.75, 3.05) is 6.61 Å². The first-order chi connectivity index (χ1) is 7.08. The molecular weight excluding hydrogens is 200 g/mol. The van der Waals surface area contributed by atoms with Crippen molar-refractivity contribution in [1.82, 2.24) is 0 Å². The smallest absolute Gasteiger partial charge is 0.0681 e. The molecule has 0 amide bonds. The molecule has 0 N–H and O–H groups in total. The van der Waals surface area contributed by atoms with Crippen LogP contribution in [0.25, 0.3) is 0 Å². The Morgan fingerprint density at radius 3 is 1.75 bits per heavy atom. The van der Waals surface area contributed by atoms with Gasteiger partial charge in [0.1, 0.15) is 0 Å². The third-order valence-electron chi connectivity index (χ3n) is 3.34. The molecule has 0 aromatic carbocycles. The van der Waals surface area contributed by atoms with Crippen molar-refractivity contribution < 1.29 is 9.47 Å². The molecule has 0 saturated carbocycles. The zero-order chi connectivity index (χ0) is 13.0. The van der Waals surface area contributed by atoms with Crippen LogP contribution in [0.5, 0.6) is 0 Å². The molecule has 0 radical (unpaired) electrons. The van der Waals surface area contributed by atoms with Gasteiger partial charge >= 0.3 is 0 Å². The monoisotopic (exact) mass is 230 g/mol. The molecule has 2 heteroatoms. The SMILES string of the molecule is CC(C)OCCC(C)(C)C(C)(C)OC(C)C. The van der Waals surface area contributed by atoms with Crippen molar-refractivity contribution in [2.45, 2.75) is 79.6 Å². The third-order valence-corrected chi connectivity index (χ3v) is 3.34. The minimum absolute atomic E-state index is 0.117. The highest BCUT2D eigenvalue weighted by Crippen LogP contribution is 2.37. The van der Waals surface area contributed by atoms with Crippen LogP contribution < -0.4 is 0 Å². The molecule has 0 bridgehead atoms. The number of hydrogen-bond donors (Lipinski definition) is 0. The van der Waals surface area contributed by atoms with E-state index in [1.807, 2.05) is 0 Å². The summed E-state index contributed by atoms with van der Waals surface area (Å²) in [7, 11) is 0. The Kier molecular flexibility index (Phi) is 5.99. The second-order valence-electron chi connectivity index (χ2n) is 6.23. The van der Waals surface area contributed by atoms with Crippen LogP contribution in [-0.4, -0.2) is 24.4 Å². The van der Waals surface area contributed by atoms with Crippen LogP contribution in [0.2, 0.25) is 0 Å². The predicted molar refractivity (Wildman–Crippen MR) is 69.8 cm³/mol. The van der Waals surface area contributed by atoms with Gasteiger partial charge in [0, 0.05) is 6.61 Å². The predicted octanol–water partition coefficient (Wildman–Crippen LogP) is 4.03. The molecular formula is C14H30O2. The molecule has 0 atom stereocenters. The van der Waals surface area contributed by atoms with E-state index in [-0.39, 0.29) is 17.1 Å². The van der Waals surface area contributed by atoms with Crippen LogP contribution in [0.1, 0.15) is 61.8 Å². The van der Waals surface area contributed by atoms with Gasteiger partial charge < -0.3 is 9.47 Å². The van der Waals surface area contributed by atoms with Gasteiger partial charge in [0.25, 0.3) is 0 Å². The lowest BCUT2D eigenvalue weighted by molar-refractivity contribution is -0.133. The minimum atomic E-state index is -0.124. The van der Waals surface area contributed by atoms with Crippen LogP contribution in [0.4, 0.5) is 0 Å². The fourth-order valence-electron chi connectivity index (χ4n) is 1.60. The van der Waals surface area contributed by atoms with E-state index in [4.69, 9.17) is 9.47 Å². The summed E-state index contributed by atoms with van der Waals surface area (Å²) in [4.78, 5) is 0. The van der Waals surface area contributed by atoms with E-state index in [2.05, 4.69) is 55.4 Å². The fraction of sp³-hybridized carbons (Fsp3) is 1.00. The summed E-state index contributed by atoms with van der Waals surface area (Å²) in [5.74, 6) is 0. The maximum absolute atomic E-state index is 6.00. The molecule has 98 valence electrons. The van der Waals surface area contributed by atoms with Crippen molar-refractivity contribution in [3.63, 3.8) is 0 Å². The lowest BCUT2D eigenvalue weighted by Crippen LogP contribution is -2.44. The van der Waals surface area contributed by atoms with E-state index in [1.54, 1.807) is 0 Å². The first-order valence-electron chi connectivity index (χ1n) is 6.38. The normalized spacial score (nSPS) is 13.9. The van der Waals surface area contributed by atoms with Gasteiger partial charge in [0.05, 0.1) is 17.8 Å². The largest absolute Gasteiger partial charge is 0.379 e. The summed E-state index contributed by atoms with van der Waals surface area (Å²) in [6.07, 6.45) is 1.59. The zero-order valence-corrected chi connectivity index (χ0v) is 12.4. The number of ether oxygens (including phenoxy) is 2. The van der Waals surface area contributed by atoms with Crippen molar-refractivity contribution in [2.24, 2.45) is 5.41 Å². The highest BCUT2D eigenvalue weighted by atomic mass is 16.5. The van der Waals surface area contributed by atoms with Crippen LogP contribution in [-0.2, 0) is 9.47 Å². The van der Waals surface area contributed by atoms with Crippen LogP contribution in [0.15, 0.2) is 0 Å². The molecule has 0 heterocycles. The van der Waals surface area contributed by atoms with E-state index in [9.17, 15) is 0 Å². The average Bonchev–Trinajstić information content (AvgIpc) is 1.99. The second-order valence-corrected chi connectivity index (χ2v) is 6.23. The standard InChI is InChI=1S/C14H30O2/c1-11(2)15-10-9-13(5,6)14(7,8)16-12(3)4/h11-12H,9-10H2,1-8H3. The summed E-state index contributed by atoms with van der Waals surface area (Å²) >= 11 is 0. The number of hydrogen-bond acceptors (Lipinski definition) is 2. The summed E-state index contributed by atoms with van der Waals surface area (Å²) < 4.78 is 11.6. The molecule has 16 heavy (non-hydrogen) atoms. The highest BCUT2D eigenvalue weighted by Gasteiger charge is 2.38. The highest BCUT2D eigenvalue weighted by molar-refractivity contribution is 4.88. The van der Waals surface area contributed by atoms with Gasteiger partial charge in [-0.05, 0) is 53.4 Å². The Bertz CT molecular complexity index is 193. The lowest BCUT2D eigenvalue weighted by atomic mass is 9.74. The molecule has 0 aliphatic carbocycles. The Labute approximate surface area is 102 Å². The van der Waals surface area contributed by atoms with Gasteiger partial charge in [0.2, 0.25) is 0 Å². The Morgan fingerprint density at radius 1 is 0.875 bits per heavy atom. The molecule has 0 aromatic rings. The summed E-state index contributed by atoms with van der Waals surface area (Å²) in [6, 6.07) is 0. The van der Waals surface area contributed by atoms with E-state index in [1.165, 1.54) is 0 Å². The Morgan fingerprint density at radius 2 is 1.38 bits per heavy atom. The second kappa shape index (κ2) is 6.02. The molecule has 0 rings (SSSR count). The third kappa shape index (κ3) is 5.31. The van der Waals surface area contributed by atoms with Crippen LogP contribution >= 0.6 is 0 Å². The van der Waals surface area contributed by atoms with Gasteiger partial charge in [-0.3, -0.25) is 0 Å². The zero-order valence-electron chi connectivity index (χ0n) is 12.4. The first-order valence-corrected chi connectivity index (χ1v) is 6.38. The van der Waals surface area contributed by atoms with Gasteiger partial charge in [-0.15, -0.1) is 0 Å². The average molecular weight is 230 g/mol. The van der Waals surface area contributed by atoms with Gasteiger partial charge in [-0.25, -0.2) is 0 Å². The maximum atomic E-state index is 6.00. The molecule has 0 aliphatic rings. The molecule has 2 nitrogen and oxygen atoms in total. The lowest BCUT2D eigenvalue weighted by Gasteiger charge is -2.43. The van der Waals surface area contributed by atoms with Crippen LogP contribution in [0, 0.1) is 5.41 Å². The number of rotatable bonds is 7. The minimum Gasteiger partial charge on any atom is -0.379 e.